The second-order valence-electron chi connectivity index (χ2n) is 2.77. The van der Waals surface area contributed by atoms with Crippen LogP contribution < -0.4 is 0 Å². The predicted molar refractivity (Wildman–Crippen MR) is 62.5 cm³/mol. The van der Waals surface area contributed by atoms with Crippen molar-refractivity contribution in [2.75, 3.05) is 0 Å². The van der Waals surface area contributed by atoms with E-state index in [4.69, 9.17) is 0 Å². The van der Waals surface area contributed by atoms with E-state index >= 15 is 0 Å². The molecule has 0 atom stereocenters. The van der Waals surface area contributed by atoms with Crippen LogP contribution in [0.1, 0.15) is 39.5 Å². The lowest BCUT2D eigenvalue weighted by Gasteiger charge is -1.95. The maximum atomic E-state index is 2.29. The smallest absolute Gasteiger partial charge is 0.0197 e. The van der Waals surface area contributed by atoms with E-state index in [1.54, 1.807) is 12.1 Å². The van der Waals surface area contributed by atoms with Gasteiger partial charge in [0.1, 0.15) is 0 Å². The number of hydrogen-bond acceptors (Lipinski definition) is 0. The Kier molecular flexibility index (Phi) is 27.5. The highest BCUT2D eigenvalue weighted by molar-refractivity contribution is 6.35. The topological polar surface area (TPSA) is 0 Å². The molecule has 11 heavy (non-hydrogen) atoms. The first-order valence-electron chi connectivity index (χ1n) is 4.41. The third-order valence-electron chi connectivity index (χ3n) is 1.71. The van der Waals surface area contributed by atoms with Crippen LogP contribution in [-0.4, -0.2) is 9.52 Å². The molecule has 0 heterocycles. The Labute approximate surface area is 86.2 Å². The number of halogens is 2. The van der Waals surface area contributed by atoms with Gasteiger partial charge >= 0.3 is 0 Å². The summed E-state index contributed by atoms with van der Waals surface area (Å²) in [6.45, 7) is 4.57. The molecule has 0 aromatic rings. The number of unbranched alkanes of at least 4 members (excludes halogenated alkanes) is 2. The molecule has 0 amide bonds. The predicted octanol–water partition coefficient (Wildman–Crippen LogP) is 3.44. The summed E-state index contributed by atoms with van der Waals surface area (Å²) in [7, 11) is 0.389. The summed E-state index contributed by atoms with van der Waals surface area (Å²) in [6.07, 6.45) is 5.80. The van der Waals surface area contributed by atoms with E-state index in [1.165, 1.54) is 25.7 Å². The monoisotopic (exact) mass is 216 g/mol. The fourth-order valence-corrected chi connectivity index (χ4v) is 3.09. The molecule has 0 unspecified atom stereocenters. The maximum absolute atomic E-state index is 2.29. The van der Waals surface area contributed by atoms with Crippen molar-refractivity contribution in [2.24, 2.45) is 0 Å². The molecule has 0 fully saturated rings. The van der Waals surface area contributed by atoms with Crippen LogP contribution >= 0.6 is 24.8 Å². The summed E-state index contributed by atoms with van der Waals surface area (Å²) in [6, 6.07) is 3.19. The summed E-state index contributed by atoms with van der Waals surface area (Å²) in [5.74, 6) is 0. The van der Waals surface area contributed by atoms with Gasteiger partial charge in [-0.3, -0.25) is 0 Å². The van der Waals surface area contributed by atoms with Gasteiger partial charge in [0.25, 0.3) is 0 Å². The summed E-state index contributed by atoms with van der Waals surface area (Å²) in [4.78, 5) is 0. The minimum Gasteiger partial charge on any atom is -0.147 e. The molecule has 0 bridgehead atoms. The van der Waals surface area contributed by atoms with Crippen molar-refractivity contribution in [1.29, 1.82) is 0 Å². The molecule has 0 aromatic heterocycles. The molecule has 0 saturated heterocycles. The fraction of sp³-hybridized carbons (Fsp3) is 1.00. The zero-order valence-electron chi connectivity index (χ0n) is 7.77. The van der Waals surface area contributed by atoms with Crippen molar-refractivity contribution in [3.05, 3.63) is 0 Å². The van der Waals surface area contributed by atoms with Gasteiger partial charge in [0.05, 0.1) is 0 Å². The highest BCUT2D eigenvalue weighted by Gasteiger charge is 1.86. The second-order valence-corrected chi connectivity index (χ2v) is 4.89. The lowest BCUT2D eigenvalue weighted by atomic mass is 10.4. The Balaban J connectivity index is -0.000000320. The van der Waals surface area contributed by atoms with E-state index in [9.17, 15) is 0 Å². The SMILES string of the molecule is CCCC[SiH2]CCCC.Cl.Cl. The third-order valence-corrected chi connectivity index (χ3v) is 3.71. The molecule has 0 radical (unpaired) electrons. The Bertz CT molecular complexity index is 45.4. The molecule has 3 heteroatoms. The molecule has 0 aliphatic heterocycles. The highest BCUT2D eigenvalue weighted by Crippen LogP contribution is 1.99. The second kappa shape index (κ2) is 17.0. The molecule has 0 rings (SSSR count). The van der Waals surface area contributed by atoms with E-state index in [0.717, 1.165) is 0 Å². The first kappa shape index (κ1) is 17.8. The minimum absolute atomic E-state index is 0. The van der Waals surface area contributed by atoms with Gasteiger partial charge in [-0.2, -0.15) is 0 Å². The first-order valence-corrected chi connectivity index (χ1v) is 6.41. The van der Waals surface area contributed by atoms with Gasteiger partial charge in [0.15, 0.2) is 0 Å². The average Bonchev–Trinajstić information content (AvgIpc) is 1.89. The molecule has 0 aromatic carbocycles. The van der Waals surface area contributed by atoms with E-state index in [0.29, 0.717) is 9.52 Å². The van der Waals surface area contributed by atoms with Gasteiger partial charge in [-0.1, -0.05) is 51.6 Å². The van der Waals surface area contributed by atoms with Crippen LogP contribution in [-0.2, 0) is 0 Å². The quantitative estimate of drug-likeness (QED) is 0.472. The zero-order chi connectivity index (χ0) is 6.95. The van der Waals surface area contributed by atoms with Crippen molar-refractivity contribution in [1.82, 2.24) is 0 Å². The first-order chi connectivity index (χ1) is 4.41. The van der Waals surface area contributed by atoms with Crippen LogP contribution in [0.25, 0.3) is 0 Å². The Morgan fingerprint density at radius 1 is 0.818 bits per heavy atom. The molecule has 0 spiro atoms. The van der Waals surface area contributed by atoms with Crippen molar-refractivity contribution in [3.8, 4) is 0 Å². The van der Waals surface area contributed by atoms with Gasteiger partial charge in [-0.25, -0.2) is 0 Å². The normalized spacial score (nSPS) is 8.18. The summed E-state index contributed by atoms with van der Waals surface area (Å²) in [5.41, 5.74) is 0. The lowest BCUT2D eigenvalue weighted by Crippen LogP contribution is -1.87. The summed E-state index contributed by atoms with van der Waals surface area (Å²) in [5, 5.41) is 0. The molecule has 0 saturated carbocycles. The molecule has 0 aliphatic carbocycles. The maximum Gasteiger partial charge on any atom is 0.0197 e. The molecule has 72 valence electrons. The van der Waals surface area contributed by atoms with E-state index < -0.39 is 0 Å². The Morgan fingerprint density at radius 3 is 1.45 bits per heavy atom. The molecular formula is C8H22Cl2Si. The van der Waals surface area contributed by atoms with Crippen LogP contribution in [0, 0.1) is 0 Å². The number of hydrogen-bond donors (Lipinski definition) is 0. The van der Waals surface area contributed by atoms with Crippen LogP contribution in [0.3, 0.4) is 0 Å². The number of rotatable bonds is 6. The van der Waals surface area contributed by atoms with Crippen molar-refractivity contribution < 1.29 is 0 Å². The van der Waals surface area contributed by atoms with Crippen LogP contribution in [0.5, 0.6) is 0 Å². The van der Waals surface area contributed by atoms with Gasteiger partial charge in [-0.15, -0.1) is 24.8 Å². The Morgan fingerprint density at radius 2 is 1.18 bits per heavy atom. The fourth-order valence-electron chi connectivity index (χ4n) is 1.03. The molecule has 0 nitrogen and oxygen atoms in total. The van der Waals surface area contributed by atoms with Crippen molar-refractivity contribution in [2.45, 2.75) is 51.6 Å². The van der Waals surface area contributed by atoms with Gasteiger partial charge in [-0.05, 0) is 0 Å². The molecule has 0 aliphatic rings. The molecular weight excluding hydrogens is 195 g/mol. The van der Waals surface area contributed by atoms with Crippen molar-refractivity contribution >= 4 is 34.3 Å². The Hall–Kier alpha value is 0.797. The average molecular weight is 217 g/mol. The third kappa shape index (κ3) is 18.1. The standard InChI is InChI=1S/C8H20Si.2ClH/c1-3-5-7-9-8-6-4-2;;/h3-9H2,1-2H3;2*1H. The van der Waals surface area contributed by atoms with Crippen LogP contribution in [0.2, 0.25) is 12.1 Å². The van der Waals surface area contributed by atoms with E-state index in [1.807, 2.05) is 0 Å². The minimum atomic E-state index is 0. The zero-order valence-corrected chi connectivity index (χ0v) is 10.8. The summed E-state index contributed by atoms with van der Waals surface area (Å²) >= 11 is 0. The van der Waals surface area contributed by atoms with Crippen molar-refractivity contribution in [3.63, 3.8) is 0 Å². The largest absolute Gasteiger partial charge is 0.147 e. The van der Waals surface area contributed by atoms with Crippen LogP contribution in [0.15, 0.2) is 0 Å². The molecule has 0 N–H and O–H groups in total. The van der Waals surface area contributed by atoms with Gasteiger partial charge in [0, 0.05) is 9.52 Å². The lowest BCUT2D eigenvalue weighted by molar-refractivity contribution is 0.851. The van der Waals surface area contributed by atoms with E-state index in [2.05, 4.69) is 13.8 Å². The van der Waals surface area contributed by atoms with Gasteiger partial charge in [0.2, 0.25) is 0 Å². The van der Waals surface area contributed by atoms with Crippen LogP contribution in [0.4, 0.5) is 0 Å². The highest BCUT2D eigenvalue weighted by atomic mass is 35.5. The summed E-state index contributed by atoms with van der Waals surface area (Å²) < 4.78 is 0. The van der Waals surface area contributed by atoms with E-state index in [-0.39, 0.29) is 24.8 Å². The van der Waals surface area contributed by atoms with Gasteiger partial charge < -0.3 is 0 Å².